The maximum atomic E-state index is 14.0. The van der Waals surface area contributed by atoms with E-state index >= 15 is 0 Å². The van der Waals surface area contributed by atoms with Gasteiger partial charge in [0.1, 0.15) is 61.4 Å². The van der Waals surface area contributed by atoms with Crippen LogP contribution in [0.25, 0.3) is 0 Å². The number of aryl methyl sites for hydroxylation is 1. The van der Waals surface area contributed by atoms with Crippen molar-refractivity contribution in [2.75, 3.05) is 6.61 Å². The van der Waals surface area contributed by atoms with Crippen molar-refractivity contribution in [2.24, 2.45) is 30.7 Å². The van der Waals surface area contributed by atoms with E-state index < -0.39 is 71.5 Å². The Balaban J connectivity index is 2.25. The van der Waals surface area contributed by atoms with Crippen LogP contribution in [0.5, 0.6) is 0 Å². The van der Waals surface area contributed by atoms with Gasteiger partial charge in [-0.3, -0.25) is 19.2 Å². The molecule has 15 heteroatoms. The van der Waals surface area contributed by atoms with Gasteiger partial charge >= 0.3 is 12.1 Å². The monoisotopic (exact) mass is 813 g/mol. The standard InChI is InChI=1S/C43H69N7O8/c1-27(2)22-32(44-38(52)34(25-31-16-14-13-15-17-31)47-42(56)58-43(9,10)11)37(51)45-33(23-28(3)4)39(53)48-36(30(7)8)40(54)46-35(24-29(5)6)41(55)57-21-20-50-19-18-49(12)26-50/h13-19,26-30,32-36H,20-25H2,1-12H3,(H4-,44,45,46,47,48,51,52,53,54,56)/p+1/t32-,33-,34-,35-,36-/m0/s1. The van der Waals surface area contributed by atoms with Gasteiger partial charge in [-0.25, -0.2) is 18.7 Å². The molecule has 5 atom stereocenters. The van der Waals surface area contributed by atoms with Gasteiger partial charge in [-0.15, -0.1) is 0 Å². The molecule has 0 saturated carbocycles. The van der Waals surface area contributed by atoms with Crippen molar-refractivity contribution in [3.05, 3.63) is 54.6 Å². The topological polar surface area (TPSA) is 190 Å². The number of esters is 1. The summed E-state index contributed by atoms with van der Waals surface area (Å²) in [6.45, 7) is 20.8. The van der Waals surface area contributed by atoms with Gasteiger partial charge in [0.25, 0.3) is 0 Å². The number of aromatic nitrogens is 2. The average Bonchev–Trinajstić information content (AvgIpc) is 3.52. The number of imidazole rings is 1. The Morgan fingerprint density at radius 3 is 1.66 bits per heavy atom. The quantitative estimate of drug-likeness (QED) is 0.0879. The molecular formula is C43H70N7O8+. The third-order valence-electron chi connectivity index (χ3n) is 8.94. The van der Waals surface area contributed by atoms with E-state index in [0.717, 1.165) is 5.56 Å². The summed E-state index contributed by atoms with van der Waals surface area (Å²) in [5.74, 6) is -3.27. The Kier molecular flexibility index (Phi) is 19.9. The molecule has 0 saturated heterocycles. The lowest BCUT2D eigenvalue weighted by Crippen LogP contribution is -2.60. The van der Waals surface area contributed by atoms with Crippen LogP contribution in [-0.4, -0.2) is 82.7 Å². The molecule has 0 radical (unpaired) electrons. The number of carbonyl (C=O) groups is 6. The predicted octanol–water partition coefficient (Wildman–Crippen LogP) is 3.73. The van der Waals surface area contributed by atoms with Gasteiger partial charge in [0.15, 0.2) is 0 Å². The zero-order valence-electron chi connectivity index (χ0n) is 36.7. The fourth-order valence-corrected chi connectivity index (χ4v) is 6.18. The fraction of sp³-hybridized carbons (Fsp3) is 0.651. The van der Waals surface area contributed by atoms with Crippen molar-refractivity contribution in [1.82, 2.24) is 31.2 Å². The van der Waals surface area contributed by atoms with Crippen LogP contribution in [0.3, 0.4) is 0 Å². The summed E-state index contributed by atoms with van der Waals surface area (Å²) in [5.41, 5.74) is -0.0153. The highest BCUT2D eigenvalue weighted by atomic mass is 16.6. The first-order valence-corrected chi connectivity index (χ1v) is 20.5. The first-order valence-electron chi connectivity index (χ1n) is 20.5. The fourth-order valence-electron chi connectivity index (χ4n) is 6.18. The number of hydrogen-bond donors (Lipinski definition) is 5. The van der Waals surface area contributed by atoms with Gasteiger partial charge in [0.2, 0.25) is 30.0 Å². The van der Waals surface area contributed by atoms with Crippen molar-refractivity contribution in [2.45, 2.75) is 144 Å². The third-order valence-corrected chi connectivity index (χ3v) is 8.94. The van der Waals surface area contributed by atoms with Crippen molar-refractivity contribution in [3.63, 3.8) is 0 Å². The molecule has 0 aliphatic rings. The van der Waals surface area contributed by atoms with E-state index in [1.807, 2.05) is 107 Å². The van der Waals surface area contributed by atoms with Crippen LogP contribution in [0.2, 0.25) is 0 Å². The maximum Gasteiger partial charge on any atom is 0.408 e. The van der Waals surface area contributed by atoms with Gasteiger partial charge in [-0.1, -0.05) is 85.7 Å². The molecule has 1 aromatic carbocycles. The van der Waals surface area contributed by atoms with E-state index in [1.54, 1.807) is 34.6 Å². The van der Waals surface area contributed by atoms with Crippen LogP contribution in [0.1, 0.15) is 101 Å². The van der Waals surface area contributed by atoms with Crippen LogP contribution in [0.15, 0.2) is 49.1 Å². The summed E-state index contributed by atoms with van der Waals surface area (Å²) in [4.78, 5) is 81.6. The van der Waals surface area contributed by atoms with E-state index in [1.165, 1.54) is 0 Å². The number of hydrogen-bond acceptors (Lipinski definition) is 8. The zero-order chi connectivity index (χ0) is 43.7. The molecule has 5 amide bonds. The maximum absolute atomic E-state index is 14.0. The lowest BCUT2D eigenvalue weighted by Gasteiger charge is -2.29. The van der Waals surface area contributed by atoms with Crippen molar-refractivity contribution in [1.29, 1.82) is 0 Å². The Morgan fingerprint density at radius 1 is 0.672 bits per heavy atom. The van der Waals surface area contributed by atoms with E-state index in [2.05, 4.69) is 26.6 Å². The molecule has 0 aliphatic heterocycles. The summed E-state index contributed by atoms with van der Waals surface area (Å²) in [6, 6.07) is 4.00. The third kappa shape index (κ3) is 18.5. The van der Waals surface area contributed by atoms with Gasteiger partial charge in [0, 0.05) is 6.42 Å². The summed E-state index contributed by atoms with van der Waals surface area (Å²) in [5, 5.41) is 14.0. The van der Waals surface area contributed by atoms with Crippen molar-refractivity contribution >= 4 is 35.7 Å². The molecule has 0 aliphatic carbocycles. The van der Waals surface area contributed by atoms with E-state index in [4.69, 9.17) is 9.47 Å². The highest BCUT2D eigenvalue weighted by Crippen LogP contribution is 2.14. The number of nitrogens with zero attached hydrogens (tertiary/aromatic N) is 2. The summed E-state index contributed by atoms with van der Waals surface area (Å²) in [7, 11) is 1.89. The van der Waals surface area contributed by atoms with Crippen molar-refractivity contribution in [3.8, 4) is 0 Å². The van der Waals surface area contributed by atoms with Crippen LogP contribution < -0.4 is 31.2 Å². The minimum atomic E-state index is -1.07. The minimum Gasteiger partial charge on any atom is -0.460 e. The molecule has 58 heavy (non-hydrogen) atoms. The minimum absolute atomic E-state index is 0.0311. The largest absolute Gasteiger partial charge is 0.460 e. The summed E-state index contributed by atoms with van der Waals surface area (Å²) < 4.78 is 14.7. The SMILES string of the molecule is CC(C)C[C@H](NC(=O)[C@H](Cc1ccccc1)NC(=O)OC(C)(C)C)C(=O)N[C@@H](CC(C)C)C(=O)N[C@H](C(=O)N[C@@H](CC(C)C)C(=O)OCCn1cc[n+](C)c1)C(C)C. The average molecular weight is 813 g/mol. The summed E-state index contributed by atoms with van der Waals surface area (Å²) >= 11 is 0. The molecule has 0 fully saturated rings. The van der Waals surface area contributed by atoms with Gasteiger partial charge in [0.05, 0.1) is 7.05 Å². The first-order chi connectivity index (χ1) is 27.0. The van der Waals surface area contributed by atoms with E-state index in [0.29, 0.717) is 13.0 Å². The molecule has 324 valence electrons. The number of carbonyl (C=O) groups excluding carboxylic acids is 6. The number of nitrogens with one attached hydrogen (secondary N) is 5. The molecule has 0 spiro atoms. The Bertz CT molecular complexity index is 1630. The van der Waals surface area contributed by atoms with Crippen LogP contribution in [0.4, 0.5) is 4.79 Å². The Labute approximate surface area is 345 Å². The van der Waals surface area contributed by atoms with E-state index in [9.17, 15) is 28.8 Å². The molecule has 15 nitrogen and oxygen atoms in total. The smallest absolute Gasteiger partial charge is 0.408 e. The molecule has 1 aromatic heterocycles. The highest BCUT2D eigenvalue weighted by Gasteiger charge is 2.35. The number of rotatable bonds is 22. The molecule has 2 rings (SSSR count). The molecule has 1 heterocycles. The second kappa shape index (κ2) is 23.5. The number of benzene rings is 1. The Morgan fingerprint density at radius 2 is 1.17 bits per heavy atom. The lowest BCUT2D eigenvalue weighted by atomic mass is 9.97. The van der Waals surface area contributed by atoms with Gasteiger partial charge in [-0.2, -0.15) is 0 Å². The summed E-state index contributed by atoms with van der Waals surface area (Å²) in [6.07, 6.45) is 5.78. The van der Waals surface area contributed by atoms with Crippen LogP contribution in [0, 0.1) is 23.7 Å². The molecule has 0 unspecified atom stereocenters. The molecule has 5 N–H and O–H groups in total. The predicted molar refractivity (Wildman–Crippen MR) is 221 cm³/mol. The van der Waals surface area contributed by atoms with Crippen LogP contribution in [-0.2, 0) is 53.5 Å². The lowest BCUT2D eigenvalue weighted by molar-refractivity contribution is -0.671. The zero-order valence-corrected chi connectivity index (χ0v) is 36.7. The van der Waals surface area contributed by atoms with Crippen LogP contribution >= 0.6 is 0 Å². The molecular weight excluding hydrogens is 743 g/mol. The first kappa shape index (κ1) is 49.2. The second-order valence-electron chi connectivity index (χ2n) is 17.7. The normalized spacial score (nSPS) is 14.3. The Hall–Kier alpha value is -4.95. The number of alkyl carbamates (subject to hydrolysis) is 1. The molecule has 2 aromatic rings. The van der Waals surface area contributed by atoms with E-state index in [-0.39, 0.29) is 49.5 Å². The highest BCUT2D eigenvalue weighted by molar-refractivity contribution is 5.96. The van der Waals surface area contributed by atoms with Gasteiger partial charge in [-0.05, 0) is 69.3 Å². The number of amides is 5. The number of ether oxygens (including phenoxy) is 2. The second-order valence-corrected chi connectivity index (χ2v) is 17.7. The van der Waals surface area contributed by atoms with Crippen molar-refractivity contribution < 1.29 is 42.8 Å². The molecule has 0 bridgehead atoms. The van der Waals surface area contributed by atoms with Gasteiger partial charge < -0.3 is 36.1 Å².